The molecule has 3 N–H and O–H groups in total. The second-order valence-electron chi connectivity index (χ2n) is 14.4. The van der Waals surface area contributed by atoms with Crippen LogP contribution < -0.4 is 25.8 Å². The van der Waals surface area contributed by atoms with Crippen LogP contribution in [-0.2, 0) is 9.47 Å². The van der Waals surface area contributed by atoms with E-state index in [4.69, 9.17) is 24.5 Å². The molecule has 0 radical (unpaired) electrons. The van der Waals surface area contributed by atoms with Gasteiger partial charge < -0.3 is 35.2 Å². The number of piperazine rings is 1. The molecule has 1 aliphatic carbocycles. The van der Waals surface area contributed by atoms with Crippen LogP contribution in [-0.4, -0.2) is 89.5 Å². The van der Waals surface area contributed by atoms with Gasteiger partial charge in [0.15, 0.2) is 11.5 Å². The van der Waals surface area contributed by atoms with E-state index in [9.17, 15) is 4.79 Å². The summed E-state index contributed by atoms with van der Waals surface area (Å²) in [6, 6.07) is 15.8. The summed E-state index contributed by atoms with van der Waals surface area (Å²) >= 11 is 0. The molecular weight excluding hydrogens is 618 g/mol. The van der Waals surface area contributed by atoms with Gasteiger partial charge in [-0.2, -0.15) is 5.10 Å². The number of carbonyl (C=O) groups excluding carboxylic acids is 1. The second kappa shape index (κ2) is 12.9. The Hall–Kier alpha value is -4.26. The number of anilines is 4. The summed E-state index contributed by atoms with van der Waals surface area (Å²) in [5.74, 6) is 1.59. The van der Waals surface area contributed by atoms with Gasteiger partial charge in [0, 0.05) is 68.5 Å². The van der Waals surface area contributed by atoms with Crippen molar-refractivity contribution in [2.45, 2.75) is 75.2 Å². The summed E-state index contributed by atoms with van der Waals surface area (Å²) < 4.78 is 14.5. The summed E-state index contributed by atoms with van der Waals surface area (Å²) in [4.78, 5) is 28.0. The monoisotopic (exact) mass is 663 g/mol. The van der Waals surface area contributed by atoms with E-state index in [1.165, 1.54) is 18.5 Å². The molecule has 1 spiro atoms. The minimum Gasteiger partial charge on any atom is -0.375 e. The maximum atomic E-state index is 12.9. The highest BCUT2D eigenvalue weighted by molar-refractivity contribution is 6.00. The fourth-order valence-corrected chi connectivity index (χ4v) is 8.53. The van der Waals surface area contributed by atoms with Gasteiger partial charge in [0.1, 0.15) is 5.82 Å². The highest BCUT2D eigenvalue weighted by atomic mass is 16.5. The predicted molar refractivity (Wildman–Crippen MR) is 190 cm³/mol. The van der Waals surface area contributed by atoms with E-state index in [2.05, 4.69) is 42.6 Å². The Kier molecular flexibility index (Phi) is 8.09. The number of fused-ring (bicyclic) bond motifs is 3. The number of nitrogens with zero attached hydrogens (tertiary/aromatic N) is 6. The van der Waals surface area contributed by atoms with Gasteiger partial charge >= 0.3 is 6.03 Å². The number of nitrogens with one attached hydrogen (secondary N) is 3. The Morgan fingerprint density at radius 1 is 0.837 bits per heavy atom. The van der Waals surface area contributed by atoms with Crippen molar-refractivity contribution < 1.29 is 14.3 Å². The van der Waals surface area contributed by atoms with Gasteiger partial charge in [-0.1, -0.05) is 0 Å². The Morgan fingerprint density at radius 3 is 2.20 bits per heavy atom. The predicted octanol–water partition coefficient (Wildman–Crippen LogP) is 5.58. The summed E-state index contributed by atoms with van der Waals surface area (Å²) in [5, 5.41) is 15.2. The molecule has 2 bridgehead atoms. The smallest absolute Gasteiger partial charge is 0.323 e. The molecule has 9 rings (SSSR count). The molecule has 5 aliphatic rings. The number of rotatable bonds is 6. The number of urea groups is 1. The molecule has 256 valence electrons. The van der Waals surface area contributed by atoms with Gasteiger partial charge in [-0.05, 0) is 99.9 Å². The molecule has 4 aromatic rings. The molecule has 12 nitrogen and oxygen atoms in total. The first-order chi connectivity index (χ1) is 24.1. The third-order valence-electron chi connectivity index (χ3n) is 11.2. The van der Waals surface area contributed by atoms with Gasteiger partial charge in [0.05, 0.1) is 35.4 Å². The molecule has 12 heteroatoms. The van der Waals surface area contributed by atoms with E-state index in [0.29, 0.717) is 11.5 Å². The largest absolute Gasteiger partial charge is 0.375 e. The summed E-state index contributed by atoms with van der Waals surface area (Å²) in [5.41, 5.74) is 4.46. The molecule has 2 aromatic heterocycles. The number of aromatic nitrogens is 4. The molecular formula is C37H45N9O3. The minimum atomic E-state index is -0.286. The molecule has 2 amide bonds. The van der Waals surface area contributed by atoms with Gasteiger partial charge in [0.25, 0.3) is 0 Å². The molecule has 49 heavy (non-hydrogen) atoms. The first kappa shape index (κ1) is 30.8. The van der Waals surface area contributed by atoms with Crippen molar-refractivity contribution in [2.75, 3.05) is 66.3 Å². The van der Waals surface area contributed by atoms with Crippen molar-refractivity contribution in [1.29, 1.82) is 0 Å². The minimum absolute atomic E-state index is 0.0695. The van der Waals surface area contributed by atoms with Crippen molar-refractivity contribution in [1.82, 2.24) is 25.1 Å². The van der Waals surface area contributed by atoms with E-state index in [1.54, 1.807) is 0 Å². The first-order valence-electron chi connectivity index (χ1n) is 18.1. The lowest BCUT2D eigenvalue weighted by atomic mass is 9.80. The average molecular weight is 664 g/mol. The third kappa shape index (κ3) is 6.21. The van der Waals surface area contributed by atoms with Crippen LogP contribution in [0.5, 0.6) is 0 Å². The number of hydrogen-bond acceptors (Lipinski definition) is 9. The number of ether oxygens (including phenoxy) is 2. The van der Waals surface area contributed by atoms with Crippen LogP contribution in [0.15, 0.2) is 54.7 Å². The zero-order valence-electron chi connectivity index (χ0n) is 27.9. The van der Waals surface area contributed by atoms with Crippen molar-refractivity contribution in [3.63, 3.8) is 0 Å². The Balaban J connectivity index is 0.942. The van der Waals surface area contributed by atoms with E-state index < -0.39 is 0 Å². The van der Waals surface area contributed by atoms with Crippen LogP contribution in [0.4, 0.5) is 27.7 Å². The van der Waals surface area contributed by atoms with E-state index in [1.807, 2.05) is 42.6 Å². The summed E-state index contributed by atoms with van der Waals surface area (Å²) in [6.07, 6.45) is 11.2. The lowest BCUT2D eigenvalue weighted by Gasteiger charge is -2.36. The topological polar surface area (TPSA) is 122 Å². The van der Waals surface area contributed by atoms with Crippen LogP contribution in [0.25, 0.3) is 22.4 Å². The van der Waals surface area contributed by atoms with Gasteiger partial charge in [-0.3, -0.25) is 0 Å². The lowest BCUT2D eigenvalue weighted by Crippen LogP contribution is -2.43. The third-order valence-corrected chi connectivity index (χ3v) is 11.2. The summed E-state index contributed by atoms with van der Waals surface area (Å²) in [7, 11) is 0. The molecule has 2 atom stereocenters. The Bertz CT molecular complexity index is 1780. The van der Waals surface area contributed by atoms with Gasteiger partial charge in [-0.15, -0.1) is 0 Å². The number of hydrogen-bond donors (Lipinski definition) is 3. The molecule has 4 saturated heterocycles. The molecule has 5 fully saturated rings. The first-order valence-corrected chi connectivity index (χ1v) is 18.1. The van der Waals surface area contributed by atoms with E-state index in [0.717, 1.165) is 113 Å². The number of benzene rings is 2. The molecule has 1 saturated carbocycles. The average Bonchev–Trinajstić information content (AvgIpc) is 3.87. The van der Waals surface area contributed by atoms with E-state index in [-0.39, 0.29) is 29.9 Å². The van der Waals surface area contributed by atoms with E-state index >= 15 is 0 Å². The Labute approximate surface area is 286 Å². The van der Waals surface area contributed by atoms with Crippen LogP contribution in [0, 0.1) is 0 Å². The Morgan fingerprint density at radius 2 is 1.53 bits per heavy atom. The van der Waals surface area contributed by atoms with Gasteiger partial charge in [-0.25, -0.2) is 19.4 Å². The standard InChI is InChI=1S/C37H45N9O3/c47-36(41-27-6-8-28(9-7-27)44-19-17-38-18-20-44)40-26-4-2-25(3-5-26)33-42-34(45-23-30-10-11-31(24-45)49-30)32-22-39-46(35(32)43-33)29-12-15-37(16-13-29)14-1-21-48-37/h2-9,22,29-31,38H,1,10-21,23-24H2,(H2,40,41,47). The highest BCUT2D eigenvalue weighted by Crippen LogP contribution is 2.44. The lowest BCUT2D eigenvalue weighted by molar-refractivity contribution is -0.0337. The SMILES string of the molecule is O=C(Nc1ccc(-c2nc(N3CC4CCC(C3)O4)c3cnn(C4CCC5(CCCO5)CC4)c3n2)cc1)Nc1ccc(N2CCNCC2)cc1. The van der Waals surface area contributed by atoms with Crippen LogP contribution >= 0.6 is 0 Å². The van der Waals surface area contributed by atoms with Crippen molar-refractivity contribution in [2.24, 2.45) is 0 Å². The van der Waals surface area contributed by atoms with Crippen LogP contribution in [0.1, 0.15) is 57.4 Å². The summed E-state index contributed by atoms with van der Waals surface area (Å²) in [6.45, 7) is 6.48. The molecule has 2 aromatic carbocycles. The second-order valence-corrected chi connectivity index (χ2v) is 14.4. The quantitative estimate of drug-likeness (QED) is 0.243. The molecule has 2 unspecified atom stereocenters. The molecule has 6 heterocycles. The number of carbonyl (C=O) groups is 1. The highest BCUT2D eigenvalue weighted by Gasteiger charge is 2.40. The fourth-order valence-electron chi connectivity index (χ4n) is 8.53. The van der Waals surface area contributed by atoms with Crippen molar-refractivity contribution in [3.8, 4) is 11.4 Å². The fraction of sp³-hybridized carbons (Fsp3) is 0.514. The number of morpholine rings is 1. The number of amides is 2. The zero-order chi connectivity index (χ0) is 32.8. The van der Waals surface area contributed by atoms with Crippen LogP contribution in [0.3, 0.4) is 0 Å². The normalized spacial score (nSPS) is 26.8. The maximum Gasteiger partial charge on any atom is 0.323 e. The van der Waals surface area contributed by atoms with Crippen molar-refractivity contribution >= 4 is 39.9 Å². The van der Waals surface area contributed by atoms with Crippen molar-refractivity contribution in [3.05, 3.63) is 54.7 Å². The van der Waals surface area contributed by atoms with Gasteiger partial charge in [0.2, 0.25) is 0 Å². The molecule has 4 aliphatic heterocycles. The maximum absolute atomic E-state index is 12.9. The zero-order valence-corrected chi connectivity index (χ0v) is 27.9. The van der Waals surface area contributed by atoms with Crippen LogP contribution in [0.2, 0.25) is 0 Å².